The Bertz CT molecular complexity index is 562. The number of nitrogens with zero attached hydrogens (tertiary/aromatic N) is 2. The summed E-state index contributed by atoms with van der Waals surface area (Å²) in [6.07, 6.45) is 3.10. The van der Waals surface area contributed by atoms with E-state index in [1.165, 1.54) is 11.3 Å². The molecule has 5 nitrogen and oxygen atoms in total. The summed E-state index contributed by atoms with van der Waals surface area (Å²) in [5.41, 5.74) is 1.49. The topological polar surface area (TPSA) is 76.4 Å². The molecule has 0 radical (unpaired) electrons. The van der Waals surface area contributed by atoms with Crippen LogP contribution in [0, 0.1) is 25.2 Å². The van der Waals surface area contributed by atoms with E-state index in [-0.39, 0.29) is 25.1 Å². The van der Waals surface area contributed by atoms with E-state index in [9.17, 15) is 15.2 Å². The van der Waals surface area contributed by atoms with Gasteiger partial charge < -0.3 is 10.4 Å². The van der Waals surface area contributed by atoms with E-state index < -0.39 is 0 Å². The zero-order valence-corrected chi connectivity index (χ0v) is 13.3. The Morgan fingerprint density at radius 2 is 2.29 bits per heavy atom. The average molecular weight is 307 g/mol. The molecule has 1 amide bonds. The fourth-order valence-electron chi connectivity index (χ4n) is 2.68. The SMILES string of the molecule is Cc1sc(NC(=O)CN2CCCCC2CO)c(C#N)c1C. The Balaban J connectivity index is 2.02. The summed E-state index contributed by atoms with van der Waals surface area (Å²) in [6.45, 7) is 5.04. The smallest absolute Gasteiger partial charge is 0.239 e. The molecular formula is C15H21N3O2S. The molecule has 0 saturated carbocycles. The van der Waals surface area contributed by atoms with Crippen molar-refractivity contribution in [3.63, 3.8) is 0 Å². The van der Waals surface area contributed by atoms with Crippen molar-refractivity contribution in [3.8, 4) is 6.07 Å². The molecule has 1 atom stereocenters. The number of amides is 1. The van der Waals surface area contributed by atoms with Crippen LogP contribution in [0.2, 0.25) is 0 Å². The first-order valence-electron chi connectivity index (χ1n) is 7.21. The van der Waals surface area contributed by atoms with Crippen LogP contribution in [-0.2, 0) is 4.79 Å². The van der Waals surface area contributed by atoms with Crippen LogP contribution in [0.1, 0.15) is 35.3 Å². The number of aliphatic hydroxyl groups excluding tert-OH is 1. The van der Waals surface area contributed by atoms with Crippen LogP contribution >= 0.6 is 11.3 Å². The van der Waals surface area contributed by atoms with Crippen molar-refractivity contribution in [3.05, 3.63) is 16.0 Å². The lowest BCUT2D eigenvalue weighted by Crippen LogP contribution is -2.45. The van der Waals surface area contributed by atoms with Crippen LogP contribution in [0.15, 0.2) is 0 Å². The lowest BCUT2D eigenvalue weighted by atomic mass is 10.0. The molecule has 21 heavy (non-hydrogen) atoms. The van der Waals surface area contributed by atoms with Crippen molar-refractivity contribution in [1.82, 2.24) is 4.90 Å². The van der Waals surface area contributed by atoms with Crippen LogP contribution in [0.5, 0.6) is 0 Å². The van der Waals surface area contributed by atoms with Gasteiger partial charge in [0, 0.05) is 10.9 Å². The van der Waals surface area contributed by atoms with Gasteiger partial charge in [-0.15, -0.1) is 11.3 Å². The molecule has 0 bridgehead atoms. The summed E-state index contributed by atoms with van der Waals surface area (Å²) in [6, 6.07) is 2.23. The van der Waals surface area contributed by atoms with Gasteiger partial charge in [-0.05, 0) is 38.8 Å². The first-order valence-corrected chi connectivity index (χ1v) is 8.03. The molecule has 1 fully saturated rings. The van der Waals surface area contributed by atoms with E-state index in [2.05, 4.69) is 11.4 Å². The number of nitriles is 1. The normalized spacial score (nSPS) is 19.2. The predicted molar refractivity (Wildman–Crippen MR) is 83.4 cm³/mol. The highest BCUT2D eigenvalue weighted by Gasteiger charge is 2.24. The van der Waals surface area contributed by atoms with Crippen molar-refractivity contribution in [2.45, 2.75) is 39.2 Å². The van der Waals surface area contributed by atoms with Gasteiger partial charge in [-0.3, -0.25) is 9.69 Å². The van der Waals surface area contributed by atoms with Gasteiger partial charge in [0.25, 0.3) is 0 Å². The molecule has 1 aliphatic heterocycles. The monoisotopic (exact) mass is 307 g/mol. The second-order valence-corrected chi connectivity index (χ2v) is 6.67. The molecule has 2 N–H and O–H groups in total. The quantitative estimate of drug-likeness (QED) is 0.892. The minimum absolute atomic E-state index is 0.0757. The zero-order valence-electron chi connectivity index (χ0n) is 12.5. The first kappa shape index (κ1) is 16.0. The van der Waals surface area contributed by atoms with Gasteiger partial charge in [0.2, 0.25) is 5.91 Å². The van der Waals surface area contributed by atoms with Crippen molar-refractivity contribution < 1.29 is 9.90 Å². The minimum atomic E-state index is -0.118. The number of thiophene rings is 1. The number of aryl methyl sites for hydroxylation is 1. The molecule has 1 aromatic heterocycles. The molecule has 1 saturated heterocycles. The molecule has 0 spiro atoms. The number of anilines is 1. The van der Waals surface area contributed by atoms with Gasteiger partial charge in [-0.1, -0.05) is 6.42 Å². The summed E-state index contributed by atoms with van der Waals surface area (Å²) in [4.78, 5) is 15.3. The number of piperidine rings is 1. The van der Waals surface area contributed by atoms with Gasteiger partial charge >= 0.3 is 0 Å². The lowest BCUT2D eigenvalue weighted by Gasteiger charge is -2.33. The Hall–Kier alpha value is -1.42. The van der Waals surface area contributed by atoms with Crippen molar-refractivity contribution in [2.24, 2.45) is 0 Å². The molecule has 1 aliphatic rings. The van der Waals surface area contributed by atoms with Crippen molar-refractivity contribution in [2.75, 3.05) is 25.0 Å². The van der Waals surface area contributed by atoms with E-state index in [0.717, 1.165) is 36.2 Å². The van der Waals surface area contributed by atoms with Crippen LogP contribution in [0.3, 0.4) is 0 Å². The standard InChI is InChI=1S/C15H21N3O2S/c1-10-11(2)21-15(13(10)7-16)17-14(20)8-18-6-4-3-5-12(18)9-19/h12,19H,3-6,8-9H2,1-2H3,(H,17,20). The second kappa shape index (κ2) is 7.03. The lowest BCUT2D eigenvalue weighted by molar-refractivity contribution is -0.118. The van der Waals surface area contributed by atoms with Gasteiger partial charge in [-0.2, -0.15) is 5.26 Å². The molecule has 1 unspecified atom stereocenters. The Morgan fingerprint density at radius 1 is 1.52 bits per heavy atom. The van der Waals surface area contributed by atoms with Crippen molar-refractivity contribution in [1.29, 1.82) is 5.26 Å². The van der Waals surface area contributed by atoms with Gasteiger partial charge in [0.1, 0.15) is 11.1 Å². The number of aliphatic hydroxyl groups is 1. The maximum Gasteiger partial charge on any atom is 0.239 e. The maximum atomic E-state index is 12.2. The highest BCUT2D eigenvalue weighted by atomic mass is 32.1. The number of hydrogen-bond acceptors (Lipinski definition) is 5. The Morgan fingerprint density at radius 3 is 2.95 bits per heavy atom. The summed E-state index contributed by atoms with van der Waals surface area (Å²) in [5.74, 6) is -0.118. The predicted octanol–water partition coefficient (Wildman–Crippen LogP) is 2.02. The highest BCUT2D eigenvalue weighted by molar-refractivity contribution is 7.16. The summed E-state index contributed by atoms with van der Waals surface area (Å²) < 4.78 is 0. The number of rotatable bonds is 4. The third kappa shape index (κ3) is 3.62. The van der Waals surface area contributed by atoms with Crippen molar-refractivity contribution >= 4 is 22.2 Å². The fraction of sp³-hybridized carbons (Fsp3) is 0.600. The molecule has 0 aliphatic carbocycles. The number of hydrogen-bond donors (Lipinski definition) is 2. The van der Waals surface area contributed by atoms with Crippen LogP contribution in [-0.4, -0.2) is 41.7 Å². The average Bonchev–Trinajstić information content (AvgIpc) is 2.73. The van der Waals surface area contributed by atoms with E-state index >= 15 is 0 Å². The molecule has 114 valence electrons. The van der Waals surface area contributed by atoms with E-state index in [1.54, 1.807) is 0 Å². The summed E-state index contributed by atoms with van der Waals surface area (Å²) in [5, 5.41) is 22.0. The van der Waals surface area contributed by atoms with E-state index in [4.69, 9.17) is 0 Å². The van der Waals surface area contributed by atoms with Crippen LogP contribution < -0.4 is 5.32 Å². The largest absolute Gasteiger partial charge is 0.395 e. The number of likely N-dealkylation sites (tertiary alicyclic amines) is 1. The van der Waals surface area contributed by atoms with Crippen LogP contribution in [0.25, 0.3) is 0 Å². The molecule has 2 rings (SSSR count). The van der Waals surface area contributed by atoms with Gasteiger partial charge in [0.15, 0.2) is 0 Å². The van der Waals surface area contributed by atoms with Gasteiger partial charge in [0.05, 0.1) is 18.7 Å². The molecule has 2 heterocycles. The third-order valence-electron chi connectivity index (χ3n) is 4.06. The fourth-order valence-corrected chi connectivity index (χ4v) is 3.70. The molecule has 6 heteroatoms. The number of nitrogens with one attached hydrogen (secondary N) is 1. The van der Waals surface area contributed by atoms with E-state index in [1.807, 2.05) is 18.7 Å². The second-order valence-electron chi connectivity index (χ2n) is 5.45. The van der Waals surface area contributed by atoms with Crippen LogP contribution in [0.4, 0.5) is 5.00 Å². The molecule has 0 aromatic carbocycles. The molecular weight excluding hydrogens is 286 g/mol. The minimum Gasteiger partial charge on any atom is -0.395 e. The first-order chi connectivity index (χ1) is 10.1. The Labute approximate surface area is 129 Å². The Kier molecular flexibility index (Phi) is 5.34. The third-order valence-corrected chi connectivity index (χ3v) is 5.18. The van der Waals surface area contributed by atoms with E-state index in [0.29, 0.717) is 10.6 Å². The zero-order chi connectivity index (χ0) is 15.4. The summed E-state index contributed by atoms with van der Waals surface area (Å²) in [7, 11) is 0. The summed E-state index contributed by atoms with van der Waals surface area (Å²) >= 11 is 1.44. The highest BCUT2D eigenvalue weighted by Crippen LogP contribution is 2.31. The molecule has 1 aromatic rings. The number of carbonyl (C=O) groups excluding carboxylic acids is 1. The number of carbonyl (C=O) groups is 1. The maximum absolute atomic E-state index is 12.2. The van der Waals surface area contributed by atoms with Gasteiger partial charge in [-0.25, -0.2) is 0 Å².